The molecular weight excluding hydrogens is 363 g/mol. The fourth-order valence-corrected chi connectivity index (χ4v) is 6.77. The van der Waals surface area contributed by atoms with Gasteiger partial charge in [-0.05, 0) is 79.9 Å². The van der Waals surface area contributed by atoms with Crippen LogP contribution in [0.1, 0.15) is 69.3 Å². The van der Waals surface area contributed by atoms with Gasteiger partial charge in [0.2, 0.25) is 10.4 Å². The van der Waals surface area contributed by atoms with E-state index in [1.165, 1.54) is 5.57 Å². The first-order valence-corrected chi connectivity index (χ1v) is 10.6. The van der Waals surface area contributed by atoms with Gasteiger partial charge in [-0.1, -0.05) is 25.5 Å². The summed E-state index contributed by atoms with van der Waals surface area (Å²) in [4.78, 5) is 0. The van der Waals surface area contributed by atoms with Crippen LogP contribution in [0.3, 0.4) is 0 Å². The summed E-state index contributed by atoms with van der Waals surface area (Å²) >= 11 is 0. The molecule has 7 heteroatoms. The Labute approximate surface area is 183 Å². The number of rotatable bonds is 2. The van der Waals surface area contributed by atoms with Gasteiger partial charge in [-0.3, -0.25) is 4.18 Å². The van der Waals surface area contributed by atoms with E-state index in [9.17, 15) is 18.1 Å². The summed E-state index contributed by atoms with van der Waals surface area (Å²) in [5.74, 6) is 0.238. The zero-order valence-corrected chi connectivity index (χ0v) is 18.6. The monoisotopic (exact) mass is 395 g/mol. The molecule has 4 rings (SSSR count). The number of allylic oxidation sites excluding steroid dienone is 1. The molecule has 3 saturated carbocycles. The normalized spacial score (nSPS) is 54.3. The van der Waals surface area contributed by atoms with Gasteiger partial charge in [-0.15, -0.1) is 0 Å². The molecule has 0 aromatic rings. The van der Waals surface area contributed by atoms with Crippen molar-refractivity contribution in [2.45, 2.75) is 77.4 Å². The number of aliphatic hydroxyl groups excluding tert-OH is 1. The van der Waals surface area contributed by atoms with Gasteiger partial charge < -0.3 is 9.66 Å². The summed E-state index contributed by atoms with van der Waals surface area (Å²) in [6, 6.07) is 0. The zero-order valence-electron chi connectivity index (χ0n) is 18.8. The molecule has 0 bridgehead atoms. The molecular formula is C19H29NaO5S. The minimum Gasteiger partial charge on any atom is -0.726 e. The van der Waals surface area contributed by atoms with Crippen LogP contribution in [0.25, 0.3) is 0 Å². The molecule has 3 fully saturated rings. The molecule has 4 aliphatic rings. The van der Waals surface area contributed by atoms with Crippen molar-refractivity contribution in [1.82, 2.24) is 0 Å². The van der Waals surface area contributed by atoms with E-state index >= 15 is 0 Å². The molecule has 26 heavy (non-hydrogen) atoms. The fourth-order valence-electron chi connectivity index (χ4n) is 6.32. The van der Waals surface area contributed by atoms with Crippen LogP contribution in [0.4, 0.5) is 0 Å². The molecule has 4 aliphatic carbocycles. The Bertz CT molecular complexity index is 821. The molecule has 5 nitrogen and oxygen atoms in total. The van der Waals surface area contributed by atoms with Gasteiger partial charge >= 0.3 is 29.6 Å². The molecule has 142 valence electrons. The van der Waals surface area contributed by atoms with Gasteiger partial charge in [0, 0.05) is 2.74 Å². The van der Waals surface area contributed by atoms with Gasteiger partial charge in [0.05, 0.1) is 13.6 Å². The minimum absolute atomic E-state index is 0. The second-order valence-electron chi connectivity index (χ2n) is 8.79. The molecule has 1 N–H and O–H groups in total. The van der Waals surface area contributed by atoms with E-state index in [1.807, 2.05) is 6.08 Å². The molecule has 0 spiro atoms. The minimum atomic E-state index is -5.21. The van der Waals surface area contributed by atoms with Crippen molar-refractivity contribution < 1.29 is 55.9 Å². The van der Waals surface area contributed by atoms with Crippen LogP contribution in [-0.4, -0.2) is 30.3 Å². The molecule has 0 aromatic carbocycles. The van der Waals surface area contributed by atoms with Crippen LogP contribution in [0.15, 0.2) is 11.6 Å². The first-order valence-electron chi connectivity index (χ1n) is 10.8. The van der Waals surface area contributed by atoms with Crippen LogP contribution < -0.4 is 29.6 Å². The predicted molar refractivity (Wildman–Crippen MR) is 92.3 cm³/mol. The van der Waals surface area contributed by atoms with Crippen molar-refractivity contribution in [3.63, 3.8) is 0 Å². The Kier molecular flexibility index (Phi) is 4.77. The summed E-state index contributed by atoms with van der Waals surface area (Å²) in [6.45, 7) is 3.97. The van der Waals surface area contributed by atoms with E-state index in [0.717, 1.165) is 25.7 Å². The molecule has 0 aliphatic heterocycles. The zero-order chi connectivity index (χ0) is 20.8. The van der Waals surface area contributed by atoms with Crippen molar-refractivity contribution in [3.05, 3.63) is 11.6 Å². The third kappa shape index (κ3) is 3.38. The molecule has 0 heterocycles. The van der Waals surface area contributed by atoms with E-state index in [4.69, 9.17) is 4.11 Å². The third-order valence-corrected chi connectivity index (χ3v) is 8.04. The topological polar surface area (TPSA) is 86.7 Å². The van der Waals surface area contributed by atoms with Crippen molar-refractivity contribution in [2.75, 3.05) is 0 Å². The van der Waals surface area contributed by atoms with Crippen molar-refractivity contribution in [2.24, 2.45) is 28.6 Å². The van der Waals surface area contributed by atoms with E-state index in [0.29, 0.717) is 18.8 Å². The molecule has 0 aromatic heterocycles. The number of hydrogen-bond donors (Lipinski definition) is 1. The smallest absolute Gasteiger partial charge is 0.726 e. The van der Waals surface area contributed by atoms with Gasteiger partial charge in [0.15, 0.2) is 0 Å². The Morgan fingerprint density at radius 2 is 2.00 bits per heavy atom. The summed E-state index contributed by atoms with van der Waals surface area (Å²) in [6.07, 6.45) is 1.43. The van der Waals surface area contributed by atoms with Crippen LogP contribution in [0.5, 0.6) is 0 Å². The van der Waals surface area contributed by atoms with Gasteiger partial charge in [0.25, 0.3) is 0 Å². The summed E-state index contributed by atoms with van der Waals surface area (Å²) < 4.78 is 64.2. The van der Waals surface area contributed by atoms with E-state index in [1.54, 1.807) is 6.92 Å². The van der Waals surface area contributed by atoms with E-state index < -0.39 is 34.4 Å². The first kappa shape index (κ1) is 17.4. The molecule has 0 radical (unpaired) electrons. The summed E-state index contributed by atoms with van der Waals surface area (Å²) in [5, 5.41) is 10.0. The van der Waals surface area contributed by atoms with Crippen LogP contribution in [-0.2, 0) is 14.6 Å². The average Bonchev–Trinajstić information content (AvgIpc) is 2.70. The summed E-state index contributed by atoms with van der Waals surface area (Å²) in [5.41, 5.74) is 0.197. The maximum Gasteiger partial charge on any atom is 1.00 e. The van der Waals surface area contributed by atoms with Gasteiger partial charge in [-0.2, -0.15) is 0 Å². The second kappa shape index (κ2) is 7.12. The molecule has 0 saturated heterocycles. The predicted octanol–water partition coefficient (Wildman–Crippen LogP) is 0.160. The maximum atomic E-state index is 11.4. The summed E-state index contributed by atoms with van der Waals surface area (Å²) in [7, 11) is -5.21. The maximum absolute atomic E-state index is 11.4. The van der Waals surface area contributed by atoms with Crippen LogP contribution in [0.2, 0.25) is 0 Å². The quantitative estimate of drug-likeness (QED) is 0.312. The fraction of sp³-hybridized carbons (Fsp3) is 0.895. The Hall–Kier alpha value is 0.570. The molecule has 7 atom stereocenters. The van der Waals surface area contributed by atoms with E-state index in [-0.39, 0.29) is 53.2 Å². The van der Waals surface area contributed by atoms with Gasteiger partial charge in [0.1, 0.15) is 0 Å². The third-order valence-electron chi connectivity index (χ3n) is 7.67. The largest absolute Gasteiger partial charge is 1.00 e. The average molecular weight is 396 g/mol. The number of fused-ring (bicyclic) bond motifs is 5. The van der Waals surface area contributed by atoms with Crippen LogP contribution >= 0.6 is 0 Å². The van der Waals surface area contributed by atoms with Gasteiger partial charge in [-0.25, -0.2) is 8.42 Å². The Balaban J connectivity index is 0.00000240. The molecule has 0 amide bonds. The van der Waals surface area contributed by atoms with E-state index in [2.05, 4.69) is 11.1 Å². The molecule has 0 unspecified atom stereocenters. The Morgan fingerprint density at radius 3 is 2.69 bits per heavy atom. The number of aliphatic hydroxyl groups is 1. The van der Waals surface area contributed by atoms with Crippen molar-refractivity contribution >= 4 is 10.4 Å². The standard InChI is InChI=1S/C19H30O5S.Na/c1-18-9-7-13(20)11-12(18)3-4-14-15-5-6-17(24-25(21,22)23)19(15,2)10-8-16(14)18;/h11,13-17,20H,3-10H2,1-2H3,(H,21,22,23);/q;+1/p-1/t13-,14+,15+,16+,17-,18+,19+;/m1./s1/i6D2,17D;. The van der Waals surface area contributed by atoms with Crippen molar-refractivity contribution in [1.29, 1.82) is 0 Å². The first-order chi connectivity index (χ1) is 12.7. The van der Waals surface area contributed by atoms with Crippen molar-refractivity contribution in [3.8, 4) is 0 Å². The Morgan fingerprint density at radius 1 is 1.27 bits per heavy atom. The number of hydrogen-bond acceptors (Lipinski definition) is 5. The SMILES string of the molecule is [2H]C1([2H])C[C@H]2[C@@H]3CCC4=C[C@H](O)CC[C@]4(C)[C@H]3CC[C@]2(C)[C@]1([2H])OS(=O)(=O)[O-].[Na+]. The second-order valence-corrected chi connectivity index (χ2v) is 9.77. The van der Waals surface area contributed by atoms with Crippen LogP contribution in [0, 0.1) is 28.6 Å².